The van der Waals surface area contributed by atoms with E-state index in [0.717, 1.165) is 18.4 Å². The number of halogens is 1. The molecular weight excluding hydrogens is 298 g/mol. The number of likely N-dealkylation sites (N-methyl/N-ethyl adjacent to an activating group) is 1. The van der Waals surface area contributed by atoms with E-state index >= 15 is 0 Å². The summed E-state index contributed by atoms with van der Waals surface area (Å²) in [6, 6.07) is 7.27. The Morgan fingerprint density at radius 2 is 2.14 bits per heavy atom. The van der Waals surface area contributed by atoms with Crippen LogP contribution in [0.25, 0.3) is 0 Å². The fourth-order valence-corrected chi connectivity index (χ4v) is 2.67. The van der Waals surface area contributed by atoms with Crippen LogP contribution in [0.3, 0.4) is 0 Å². The maximum Gasteiger partial charge on any atom is 0.225 e. The standard InChI is InChI=1S/C18H26ClNO2/c1-4-8-15(10-7-12-19)18(22)20(3)14(2)13-16-9-5-6-11-17(16)21/h4-6,9,11,14-15,21H,1,7-8,10,12-13H2,2-3H3/t14-,15-/m1/s1. The monoisotopic (exact) mass is 323 g/mol. The van der Waals surface area contributed by atoms with Crippen LogP contribution in [0.15, 0.2) is 36.9 Å². The lowest BCUT2D eigenvalue weighted by Gasteiger charge is -2.29. The van der Waals surface area contributed by atoms with Crippen LogP contribution in [0.2, 0.25) is 0 Å². The number of benzene rings is 1. The number of hydrogen-bond donors (Lipinski definition) is 1. The van der Waals surface area contributed by atoms with Gasteiger partial charge in [-0.3, -0.25) is 4.79 Å². The fourth-order valence-electron chi connectivity index (χ4n) is 2.51. The minimum Gasteiger partial charge on any atom is -0.508 e. The number of alkyl halides is 1. The van der Waals surface area contributed by atoms with E-state index in [4.69, 9.17) is 11.6 Å². The molecule has 0 aliphatic rings. The van der Waals surface area contributed by atoms with Crippen molar-refractivity contribution in [1.29, 1.82) is 0 Å². The van der Waals surface area contributed by atoms with Gasteiger partial charge in [-0.05, 0) is 44.2 Å². The summed E-state index contributed by atoms with van der Waals surface area (Å²) in [7, 11) is 1.82. The van der Waals surface area contributed by atoms with Gasteiger partial charge in [0.1, 0.15) is 5.75 Å². The molecule has 0 radical (unpaired) electrons. The van der Waals surface area contributed by atoms with E-state index < -0.39 is 0 Å². The first kappa shape index (κ1) is 18.6. The predicted molar refractivity (Wildman–Crippen MR) is 92.3 cm³/mol. The molecule has 1 rings (SSSR count). The van der Waals surface area contributed by atoms with Gasteiger partial charge in [0.25, 0.3) is 0 Å². The van der Waals surface area contributed by atoms with Crippen LogP contribution < -0.4 is 0 Å². The summed E-state index contributed by atoms with van der Waals surface area (Å²) in [6.07, 6.45) is 4.70. The lowest BCUT2D eigenvalue weighted by Crippen LogP contribution is -2.40. The summed E-state index contributed by atoms with van der Waals surface area (Å²) >= 11 is 5.74. The first-order valence-electron chi connectivity index (χ1n) is 7.71. The topological polar surface area (TPSA) is 40.5 Å². The van der Waals surface area contributed by atoms with Gasteiger partial charge in [-0.15, -0.1) is 18.2 Å². The molecule has 0 fully saturated rings. The number of aromatic hydroxyl groups is 1. The summed E-state index contributed by atoms with van der Waals surface area (Å²) in [5.74, 6) is 0.902. The number of nitrogens with zero attached hydrogens (tertiary/aromatic N) is 1. The van der Waals surface area contributed by atoms with Gasteiger partial charge in [0.05, 0.1) is 0 Å². The Labute approximate surface area is 138 Å². The van der Waals surface area contributed by atoms with E-state index in [2.05, 4.69) is 6.58 Å². The zero-order valence-electron chi connectivity index (χ0n) is 13.5. The Kier molecular flexibility index (Phi) is 8.03. The summed E-state index contributed by atoms with van der Waals surface area (Å²) in [4.78, 5) is 14.4. The third-order valence-electron chi connectivity index (χ3n) is 4.00. The molecule has 1 aromatic carbocycles. The van der Waals surface area contributed by atoms with Crippen molar-refractivity contribution in [2.24, 2.45) is 5.92 Å². The van der Waals surface area contributed by atoms with Crippen molar-refractivity contribution in [2.45, 2.75) is 38.6 Å². The summed E-state index contributed by atoms with van der Waals surface area (Å²) in [6.45, 7) is 5.73. The molecule has 0 bridgehead atoms. The van der Waals surface area contributed by atoms with Crippen molar-refractivity contribution < 1.29 is 9.90 Å². The molecule has 2 atom stereocenters. The van der Waals surface area contributed by atoms with Crippen LogP contribution in [0.5, 0.6) is 5.75 Å². The molecule has 3 nitrogen and oxygen atoms in total. The van der Waals surface area contributed by atoms with Crippen LogP contribution >= 0.6 is 11.6 Å². The van der Waals surface area contributed by atoms with Gasteiger partial charge in [-0.2, -0.15) is 0 Å². The number of para-hydroxylation sites is 1. The molecule has 122 valence electrons. The predicted octanol–water partition coefficient (Wildman–Crippen LogP) is 3.99. The summed E-state index contributed by atoms with van der Waals surface area (Å²) < 4.78 is 0. The largest absolute Gasteiger partial charge is 0.508 e. The Morgan fingerprint density at radius 1 is 1.45 bits per heavy atom. The highest BCUT2D eigenvalue weighted by Gasteiger charge is 2.24. The Balaban J connectivity index is 2.70. The van der Waals surface area contributed by atoms with Crippen molar-refractivity contribution in [2.75, 3.05) is 12.9 Å². The molecular formula is C18H26ClNO2. The van der Waals surface area contributed by atoms with Crippen LogP contribution in [-0.2, 0) is 11.2 Å². The van der Waals surface area contributed by atoms with Crippen molar-refractivity contribution in [3.63, 3.8) is 0 Å². The molecule has 0 aliphatic carbocycles. The highest BCUT2D eigenvalue weighted by molar-refractivity contribution is 6.17. The average Bonchev–Trinajstić information content (AvgIpc) is 2.52. The number of carbonyl (C=O) groups excluding carboxylic acids is 1. The minimum atomic E-state index is -0.0620. The quantitative estimate of drug-likeness (QED) is 0.551. The van der Waals surface area contributed by atoms with Gasteiger partial charge in [-0.1, -0.05) is 24.3 Å². The molecule has 1 amide bonds. The molecule has 0 saturated heterocycles. The number of amides is 1. The van der Waals surface area contributed by atoms with E-state index in [-0.39, 0.29) is 23.6 Å². The van der Waals surface area contributed by atoms with Gasteiger partial charge in [0.2, 0.25) is 5.91 Å². The van der Waals surface area contributed by atoms with Gasteiger partial charge in [-0.25, -0.2) is 0 Å². The van der Waals surface area contributed by atoms with Crippen LogP contribution in [0, 0.1) is 5.92 Å². The second-order valence-electron chi connectivity index (χ2n) is 5.68. The van der Waals surface area contributed by atoms with Crippen LogP contribution in [0.1, 0.15) is 31.7 Å². The first-order chi connectivity index (χ1) is 10.5. The molecule has 1 N–H and O–H groups in total. The van der Waals surface area contributed by atoms with Crippen molar-refractivity contribution in [1.82, 2.24) is 4.90 Å². The van der Waals surface area contributed by atoms with E-state index in [9.17, 15) is 9.90 Å². The zero-order chi connectivity index (χ0) is 16.5. The Morgan fingerprint density at radius 3 is 2.73 bits per heavy atom. The van der Waals surface area contributed by atoms with E-state index in [0.29, 0.717) is 18.7 Å². The molecule has 1 aromatic rings. The van der Waals surface area contributed by atoms with Crippen molar-refractivity contribution in [3.05, 3.63) is 42.5 Å². The minimum absolute atomic E-state index is 0.0177. The second kappa shape index (κ2) is 9.52. The van der Waals surface area contributed by atoms with Crippen LogP contribution in [0.4, 0.5) is 0 Å². The second-order valence-corrected chi connectivity index (χ2v) is 6.06. The molecule has 0 spiro atoms. The Hall–Kier alpha value is -1.48. The van der Waals surface area contributed by atoms with Crippen molar-refractivity contribution >= 4 is 17.5 Å². The lowest BCUT2D eigenvalue weighted by molar-refractivity contribution is -0.136. The number of phenolic OH excluding ortho intramolecular Hbond substituents is 1. The number of allylic oxidation sites excluding steroid dienone is 1. The number of hydrogen-bond acceptors (Lipinski definition) is 2. The number of rotatable bonds is 9. The van der Waals surface area contributed by atoms with Crippen LogP contribution in [-0.4, -0.2) is 34.9 Å². The maximum absolute atomic E-state index is 12.6. The molecule has 0 unspecified atom stereocenters. The fraction of sp³-hybridized carbons (Fsp3) is 0.500. The molecule has 22 heavy (non-hydrogen) atoms. The van der Waals surface area contributed by atoms with Crippen molar-refractivity contribution in [3.8, 4) is 5.75 Å². The molecule has 0 saturated carbocycles. The van der Waals surface area contributed by atoms with Gasteiger partial charge >= 0.3 is 0 Å². The summed E-state index contributed by atoms with van der Waals surface area (Å²) in [5, 5.41) is 9.86. The van der Waals surface area contributed by atoms with Gasteiger partial charge < -0.3 is 10.0 Å². The molecule has 0 aliphatic heterocycles. The first-order valence-corrected chi connectivity index (χ1v) is 8.25. The van der Waals surface area contributed by atoms with Gasteiger partial charge in [0.15, 0.2) is 0 Å². The Bertz CT molecular complexity index is 490. The highest BCUT2D eigenvalue weighted by Crippen LogP contribution is 2.21. The van der Waals surface area contributed by atoms with E-state index in [1.54, 1.807) is 23.1 Å². The number of phenols is 1. The molecule has 0 heterocycles. The zero-order valence-corrected chi connectivity index (χ0v) is 14.2. The maximum atomic E-state index is 12.6. The van der Waals surface area contributed by atoms with Gasteiger partial charge in [0, 0.05) is 24.9 Å². The molecule has 4 heteroatoms. The smallest absolute Gasteiger partial charge is 0.225 e. The third kappa shape index (κ3) is 5.38. The molecule has 0 aromatic heterocycles. The lowest BCUT2D eigenvalue weighted by atomic mass is 9.96. The SMILES string of the molecule is C=CC[C@H](CCCCl)C(=O)N(C)[C@H](C)Cc1ccccc1O. The number of carbonyl (C=O) groups is 1. The highest BCUT2D eigenvalue weighted by atomic mass is 35.5. The van der Waals surface area contributed by atoms with E-state index in [1.165, 1.54) is 0 Å². The average molecular weight is 324 g/mol. The third-order valence-corrected chi connectivity index (χ3v) is 4.27. The van der Waals surface area contributed by atoms with E-state index in [1.807, 2.05) is 26.1 Å². The summed E-state index contributed by atoms with van der Waals surface area (Å²) in [5.41, 5.74) is 0.857. The normalized spacial score (nSPS) is 13.4.